The minimum atomic E-state index is -0.191. The fraction of sp³-hybridized carbons (Fsp3) is 0.571. The largest absolute Gasteiger partial charge is 0.381 e. The summed E-state index contributed by atoms with van der Waals surface area (Å²) in [7, 11) is 0. The first-order valence-electron chi connectivity index (χ1n) is 6.46. The summed E-state index contributed by atoms with van der Waals surface area (Å²) in [5, 5.41) is 3.50. The summed E-state index contributed by atoms with van der Waals surface area (Å²) in [6, 6.07) is 5.69. The van der Waals surface area contributed by atoms with Crippen LogP contribution in [0.2, 0.25) is 0 Å². The Morgan fingerprint density at radius 2 is 2.33 bits per heavy atom. The molecule has 1 heterocycles. The van der Waals surface area contributed by atoms with Gasteiger partial charge in [0, 0.05) is 18.6 Å². The van der Waals surface area contributed by atoms with Gasteiger partial charge >= 0.3 is 0 Å². The Morgan fingerprint density at radius 1 is 1.50 bits per heavy atom. The van der Waals surface area contributed by atoms with Gasteiger partial charge in [0.25, 0.3) is 0 Å². The highest BCUT2D eigenvalue weighted by Crippen LogP contribution is 2.26. The second-order valence-electron chi connectivity index (χ2n) is 4.70. The average Bonchev–Trinajstić information content (AvgIpc) is 2.37. The van der Waals surface area contributed by atoms with Crippen LogP contribution in [0.15, 0.2) is 22.7 Å². The van der Waals surface area contributed by atoms with Crippen molar-refractivity contribution in [3.05, 3.63) is 34.1 Å². The third kappa shape index (κ3) is 3.31. The van der Waals surface area contributed by atoms with Gasteiger partial charge in [0.2, 0.25) is 0 Å². The maximum absolute atomic E-state index is 13.5. The minimum absolute atomic E-state index is 0.191. The maximum Gasteiger partial charge on any atom is 0.137 e. The van der Waals surface area contributed by atoms with E-state index in [2.05, 4.69) is 28.2 Å². The monoisotopic (exact) mass is 315 g/mol. The molecule has 2 nitrogen and oxygen atoms in total. The van der Waals surface area contributed by atoms with Crippen molar-refractivity contribution in [2.75, 3.05) is 19.8 Å². The molecule has 0 radical (unpaired) electrons. The van der Waals surface area contributed by atoms with Crippen LogP contribution in [-0.4, -0.2) is 25.8 Å². The number of halogens is 2. The minimum Gasteiger partial charge on any atom is -0.381 e. The van der Waals surface area contributed by atoms with E-state index in [0.717, 1.165) is 38.2 Å². The predicted molar refractivity (Wildman–Crippen MR) is 74.2 cm³/mol. The number of nitrogens with one attached hydrogen (secondary N) is 1. The van der Waals surface area contributed by atoms with Gasteiger partial charge in [-0.25, -0.2) is 4.39 Å². The quantitative estimate of drug-likeness (QED) is 0.921. The number of ether oxygens (including phenoxy) is 1. The molecule has 1 saturated heterocycles. The lowest BCUT2D eigenvalue weighted by molar-refractivity contribution is 0.0326. The fourth-order valence-electron chi connectivity index (χ4n) is 2.52. The standard InChI is InChI=1S/C14H19BrFNO/c1-2-17-13-6-7-18-9-11(13)8-10-4-3-5-12(16)14(10)15/h3-5,11,13,17H,2,6-9H2,1H3. The third-order valence-electron chi connectivity index (χ3n) is 3.45. The van der Waals surface area contributed by atoms with Crippen LogP contribution in [0.1, 0.15) is 18.9 Å². The molecule has 0 amide bonds. The summed E-state index contributed by atoms with van der Waals surface area (Å²) in [5.41, 5.74) is 1.02. The summed E-state index contributed by atoms with van der Waals surface area (Å²) >= 11 is 3.33. The van der Waals surface area contributed by atoms with Gasteiger partial charge in [-0.3, -0.25) is 0 Å². The number of benzene rings is 1. The highest BCUT2D eigenvalue weighted by molar-refractivity contribution is 9.10. The van der Waals surface area contributed by atoms with Crippen molar-refractivity contribution < 1.29 is 9.13 Å². The lowest BCUT2D eigenvalue weighted by atomic mass is 9.89. The SMILES string of the molecule is CCNC1CCOCC1Cc1cccc(F)c1Br. The molecule has 100 valence electrons. The summed E-state index contributed by atoms with van der Waals surface area (Å²) < 4.78 is 19.6. The molecule has 1 aromatic rings. The molecule has 1 aliphatic rings. The number of hydrogen-bond donors (Lipinski definition) is 1. The molecule has 0 aliphatic carbocycles. The normalized spacial score (nSPS) is 24.2. The van der Waals surface area contributed by atoms with Gasteiger partial charge in [-0.1, -0.05) is 19.1 Å². The van der Waals surface area contributed by atoms with Crippen molar-refractivity contribution in [3.63, 3.8) is 0 Å². The van der Waals surface area contributed by atoms with Crippen molar-refractivity contribution in [3.8, 4) is 0 Å². The van der Waals surface area contributed by atoms with Crippen molar-refractivity contribution >= 4 is 15.9 Å². The molecule has 4 heteroatoms. The van der Waals surface area contributed by atoms with E-state index in [-0.39, 0.29) is 5.82 Å². The van der Waals surface area contributed by atoms with E-state index in [1.807, 2.05) is 6.07 Å². The van der Waals surface area contributed by atoms with Crippen molar-refractivity contribution in [1.29, 1.82) is 0 Å². The lowest BCUT2D eigenvalue weighted by Gasteiger charge is -2.32. The first-order chi connectivity index (χ1) is 8.72. The molecule has 0 bridgehead atoms. The Bertz CT molecular complexity index is 397. The summed E-state index contributed by atoms with van der Waals surface area (Å²) in [6.45, 7) is 4.65. The van der Waals surface area contributed by atoms with E-state index in [1.165, 1.54) is 6.07 Å². The fourth-order valence-corrected chi connectivity index (χ4v) is 2.94. The van der Waals surface area contributed by atoms with Gasteiger partial charge in [-0.05, 0) is 46.9 Å². The molecule has 2 unspecified atom stereocenters. The van der Waals surface area contributed by atoms with Crippen LogP contribution in [0, 0.1) is 11.7 Å². The van der Waals surface area contributed by atoms with Gasteiger partial charge in [-0.2, -0.15) is 0 Å². The lowest BCUT2D eigenvalue weighted by Crippen LogP contribution is -2.43. The Balaban J connectivity index is 2.08. The Kier molecular flexibility index (Phi) is 5.15. The Morgan fingerprint density at radius 3 is 3.11 bits per heavy atom. The van der Waals surface area contributed by atoms with Crippen LogP contribution in [0.25, 0.3) is 0 Å². The van der Waals surface area contributed by atoms with E-state index in [0.29, 0.717) is 16.4 Å². The first-order valence-corrected chi connectivity index (χ1v) is 7.25. The van der Waals surface area contributed by atoms with Gasteiger partial charge in [0.05, 0.1) is 11.1 Å². The van der Waals surface area contributed by atoms with Gasteiger partial charge < -0.3 is 10.1 Å². The van der Waals surface area contributed by atoms with E-state index in [1.54, 1.807) is 6.07 Å². The van der Waals surface area contributed by atoms with Crippen LogP contribution < -0.4 is 5.32 Å². The molecule has 1 fully saturated rings. The maximum atomic E-state index is 13.5. The van der Waals surface area contributed by atoms with Crippen LogP contribution in [0.5, 0.6) is 0 Å². The average molecular weight is 316 g/mol. The molecule has 1 aromatic carbocycles. The molecular formula is C14H19BrFNO. The van der Waals surface area contributed by atoms with Gasteiger partial charge in [0.15, 0.2) is 0 Å². The summed E-state index contributed by atoms with van der Waals surface area (Å²) in [5.74, 6) is 0.223. The van der Waals surface area contributed by atoms with Crippen molar-refractivity contribution in [1.82, 2.24) is 5.32 Å². The predicted octanol–water partition coefficient (Wildman–Crippen LogP) is 3.15. The Labute approximate surface area is 116 Å². The van der Waals surface area contributed by atoms with E-state index in [4.69, 9.17) is 4.74 Å². The molecule has 0 spiro atoms. The third-order valence-corrected chi connectivity index (χ3v) is 4.34. The number of hydrogen-bond acceptors (Lipinski definition) is 2. The van der Waals surface area contributed by atoms with Gasteiger partial charge in [-0.15, -0.1) is 0 Å². The molecule has 1 N–H and O–H groups in total. The van der Waals surface area contributed by atoms with Crippen molar-refractivity contribution in [2.45, 2.75) is 25.8 Å². The zero-order chi connectivity index (χ0) is 13.0. The van der Waals surface area contributed by atoms with Crippen LogP contribution in [0.4, 0.5) is 4.39 Å². The molecule has 0 aromatic heterocycles. The zero-order valence-corrected chi connectivity index (χ0v) is 12.2. The van der Waals surface area contributed by atoms with Gasteiger partial charge in [0.1, 0.15) is 5.82 Å². The van der Waals surface area contributed by atoms with Crippen molar-refractivity contribution in [2.24, 2.45) is 5.92 Å². The second-order valence-corrected chi connectivity index (χ2v) is 5.50. The van der Waals surface area contributed by atoms with Crippen LogP contribution in [0.3, 0.4) is 0 Å². The zero-order valence-electron chi connectivity index (χ0n) is 10.6. The number of rotatable bonds is 4. The molecule has 2 rings (SSSR count). The summed E-state index contributed by atoms with van der Waals surface area (Å²) in [4.78, 5) is 0. The highest BCUT2D eigenvalue weighted by Gasteiger charge is 2.25. The topological polar surface area (TPSA) is 21.3 Å². The first kappa shape index (κ1) is 14.0. The smallest absolute Gasteiger partial charge is 0.137 e. The Hall–Kier alpha value is -0.450. The summed E-state index contributed by atoms with van der Waals surface area (Å²) in [6.07, 6.45) is 1.88. The molecule has 0 saturated carbocycles. The van der Waals surface area contributed by atoms with E-state index in [9.17, 15) is 4.39 Å². The molecular weight excluding hydrogens is 297 g/mol. The molecule has 2 atom stereocenters. The second kappa shape index (κ2) is 6.64. The molecule has 1 aliphatic heterocycles. The van der Waals surface area contributed by atoms with E-state index >= 15 is 0 Å². The van der Waals surface area contributed by atoms with E-state index < -0.39 is 0 Å². The molecule has 18 heavy (non-hydrogen) atoms. The highest BCUT2D eigenvalue weighted by atomic mass is 79.9. The van der Waals surface area contributed by atoms with Crippen LogP contribution in [-0.2, 0) is 11.2 Å². The van der Waals surface area contributed by atoms with Crippen LogP contribution >= 0.6 is 15.9 Å².